The van der Waals surface area contributed by atoms with Crippen LogP contribution in [0.1, 0.15) is 38.7 Å². The summed E-state index contributed by atoms with van der Waals surface area (Å²) in [4.78, 5) is 0. The normalized spacial score (nSPS) is 16.4. The molecule has 1 atom stereocenters. The number of benzene rings is 1. The average molecular weight is 279 g/mol. The third-order valence-corrected chi connectivity index (χ3v) is 3.82. The van der Waals surface area contributed by atoms with Gasteiger partial charge in [0, 0.05) is 6.04 Å². The van der Waals surface area contributed by atoms with Crippen molar-refractivity contribution in [3.05, 3.63) is 29.6 Å². The molecule has 0 bridgehead atoms. The molecule has 0 heterocycles. The van der Waals surface area contributed by atoms with E-state index in [1.165, 1.54) is 26.4 Å². The third kappa shape index (κ3) is 4.78. The van der Waals surface area contributed by atoms with Crippen molar-refractivity contribution in [2.24, 2.45) is 11.8 Å². The van der Waals surface area contributed by atoms with E-state index in [0.717, 1.165) is 24.6 Å². The van der Waals surface area contributed by atoms with Gasteiger partial charge in [0.15, 0.2) is 11.6 Å². The summed E-state index contributed by atoms with van der Waals surface area (Å²) in [6, 6.07) is 6.05. The van der Waals surface area contributed by atoms with Crippen molar-refractivity contribution in [3.8, 4) is 5.75 Å². The van der Waals surface area contributed by atoms with Gasteiger partial charge in [-0.2, -0.15) is 0 Å². The van der Waals surface area contributed by atoms with E-state index >= 15 is 0 Å². The zero-order valence-corrected chi connectivity index (χ0v) is 12.8. The van der Waals surface area contributed by atoms with E-state index in [4.69, 9.17) is 4.74 Å². The van der Waals surface area contributed by atoms with Crippen molar-refractivity contribution in [1.82, 2.24) is 5.32 Å². The van der Waals surface area contributed by atoms with Crippen LogP contribution >= 0.6 is 0 Å². The van der Waals surface area contributed by atoms with Crippen molar-refractivity contribution in [1.29, 1.82) is 0 Å². The summed E-state index contributed by atoms with van der Waals surface area (Å²) in [6.45, 7) is 5.54. The summed E-state index contributed by atoms with van der Waals surface area (Å²) in [6.07, 6.45) is 4.73. The van der Waals surface area contributed by atoms with Gasteiger partial charge in [0.1, 0.15) is 0 Å². The number of rotatable bonds is 8. The van der Waals surface area contributed by atoms with Gasteiger partial charge in [0.2, 0.25) is 0 Å². The molecule has 0 aliphatic heterocycles. The number of hydrogen-bond donors (Lipinski definition) is 1. The first-order valence-electron chi connectivity index (χ1n) is 7.64. The van der Waals surface area contributed by atoms with E-state index in [1.54, 1.807) is 12.1 Å². The van der Waals surface area contributed by atoms with Crippen LogP contribution in [0.4, 0.5) is 4.39 Å². The Bertz CT molecular complexity index is 429. The van der Waals surface area contributed by atoms with E-state index in [0.29, 0.717) is 17.6 Å². The van der Waals surface area contributed by atoms with Gasteiger partial charge in [-0.05, 0) is 61.8 Å². The minimum absolute atomic E-state index is 0.261. The van der Waals surface area contributed by atoms with Gasteiger partial charge in [-0.3, -0.25) is 0 Å². The highest BCUT2D eigenvalue weighted by Gasteiger charge is 2.22. The SMILES string of the molecule is COc1ccc(CC(CNC2CC2)CC(C)C)cc1F. The Kier molecular flexibility index (Phi) is 5.41. The maximum atomic E-state index is 13.7. The van der Waals surface area contributed by atoms with E-state index in [-0.39, 0.29) is 5.82 Å². The summed E-state index contributed by atoms with van der Waals surface area (Å²) in [5.74, 6) is 1.31. The molecule has 1 saturated carbocycles. The molecule has 1 aromatic carbocycles. The molecule has 1 fully saturated rings. The molecule has 0 radical (unpaired) electrons. The molecule has 2 nitrogen and oxygen atoms in total. The summed E-state index contributed by atoms with van der Waals surface area (Å²) < 4.78 is 18.7. The molecule has 1 aliphatic rings. The van der Waals surface area contributed by atoms with Crippen LogP contribution in [0.3, 0.4) is 0 Å². The van der Waals surface area contributed by atoms with Crippen LogP contribution in [0, 0.1) is 17.7 Å². The fourth-order valence-electron chi connectivity index (χ4n) is 2.70. The van der Waals surface area contributed by atoms with Gasteiger partial charge in [0.25, 0.3) is 0 Å². The Hall–Kier alpha value is -1.09. The van der Waals surface area contributed by atoms with Crippen LogP contribution in [0.2, 0.25) is 0 Å². The van der Waals surface area contributed by atoms with E-state index in [1.807, 2.05) is 6.07 Å². The van der Waals surface area contributed by atoms with Crippen molar-refractivity contribution < 1.29 is 9.13 Å². The van der Waals surface area contributed by atoms with Crippen molar-refractivity contribution in [2.75, 3.05) is 13.7 Å². The lowest BCUT2D eigenvalue weighted by Gasteiger charge is -2.20. The van der Waals surface area contributed by atoms with E-state index in [9.17, 15) is 4.39 Å². The number of ether oxygens (including phenoxy) is 1. The fraction of sp³-hybridized carbons (Fsp3) is 0.647. The van der Waals surface area contributed by atoms with Crippen LogP contribution in [-0.4, -0.2) is 19.7 Å². The Morgan fingerprint density at radius 1 is 1.35 bits per heavy atom. The third-order valence-electron chi connectivity index (χ3n) is 3.82. The summed E-state index contributed by atoms with van der Waals surface area (Å²) in [7, 11) is 1.50. The molecular weight excluding hydrogens is 253 g/mol. The van der Waals surface area contributed by atoms with Crippen molar-refractivity contribution >= 4 is 0 Å². The Morgan fingerprint density at radius 2 is 2.10 bits per heavy atom. The molecule has 3 heteroatoms. The van der Waals surface area contributed by atoms with E-state index < -0.39 is 0 Å². The van der Waals surface area contributed by atoms with Gasteiger partial charge in [0.05, 0.1) is 7.11 Å². The molecular formula is C17H26FNO. The second-order valence-electron chi connectivity index (χ2n) is 6.35. The predicted octanol–water partition coefficient (Wildman–Crippen LogP) is 3.79. The molecule has 0 saturated heterocycles. The average Bonchev–Trinajstić information content (AvgIpc) is 3.19. The lowest BCUT2D eigenvalue weighted by Crippen LogP contribution is -2.27. The number of hydrogen-bond acceptors (Lipinski definition) is 2. The van der Waals surface area contributed by atoms with Gasteiger partial charge >= 0.3 is 0 Å². The molecule has 1 aliphatic carbocycles. The van der Waals surface area contributed by atoms with Crippen molar-refractivity contribution in [2.45, 2.75) is 45.6 Å². The highest BCUT2D eigenvalue weighted by atomic mass is 19.1. The smallest absolute Gasteiger partial charge is 0.165 e. The lowest BCUT2D eigenvalue weighted by molar-refractivity contribution is 0.377. The summed E-state index contributed by atoms with van der Waals surface area (Å²) in [5, 5.41) is 3.60. The highest BCUT2D eigenvalue weighted by molar-refractivity contribution is 5.29. The maximum Gasteiger partial charge on any atom is 0.165 e. The first-order valence-corrected chi connectivity index (χ1v) is 7.64. The van der Waals surface area contributed by atoms with Crippen LogP contribution < -0.4 is 10.1 Å². The second-order valence-corrected chi connectivity index (χ2v) is 6.35. The van der Waals surface area contributed by atoms with Crippen LogP contribution in [0.25, 0.3) is 0 Å². The monoisotopic (exact) mass is 279 g/mol. The zero-order valence-electron chi connectivity index (χ0n) is 12.8. The minimum atomic E-state index is -0.261. The maximum absolute atomic E-state index is 13.7. The first-order chi connectivity index (χ1) is 9.58. The molecule has 112 valence electrons. The largest absolute Gasteiger partial charge is 0.494 e. The summed E-state index contributed by atoms with van der Waals surface area (Å²) >= 11 is 0. The molecule has 0 amide bonds. The predicted molar refractivity (Wildman–Crippen MR) is 80.6 cm³/mol. The molecule has 0 aromatic heterocycles. The highest BCUT2D eigenvalue weighted by Crippen LogP contribution is 2.24. The molecule has 0 spiro atoms. The topological polar surface area (TPSA) is 21.3 Å². The zero-order chi connectivity index (χ0) is 14.5. The Labute approximate surface area is 121 Å². The first kappa shape index (κ1) is 15.3. The quantitative estimate of drug-likeness (QED) is 0.781. The Morgan fingerprint density at radius 3 is 2.65 bits per heavy atom. The molecule has 1 N–H and O–H groups in total. The van der Waals surface area contributed by atoms with Gasteiger partial charge in [-0.15, -0.1) is 0 Å². The van der Waals surface area contributed by atoms with Gasteiger partial charge in [-0.25, -0.2) is 4.39 Å². The van der Waals surface area contributed by atoms with Crippen LogP contribution in [-0.2, 0) is 6.42 Å². The summed E-state index contributed by atoms with van der Waals surface area (Å²) in [5.41, 5.74) is 1.06. The van der Waals surface area contributed by atoms with Gasteiger partial charge < -0.3 is 10.1 Å². The standard InChI is InChI=1S/C17H26FNO/c1-12(2)8-14(11-19-15-5-6-15)9-13-4-7-17(20-3)16(18)10-13/h4,7,10,12,14-15,19H,5-6,8-9,11H2,1-3H3. The Balaban J connectivity index is 1.95. The fourth-order valence-corrected chi connectivity index (χ4v) is 2.70. The number of halogens is 1. The minimum Gasteiger partial charge on any atom is -0.494 e. The molecule has 2 rings (SSSR count). The number of methoxy groups -OCH3 is 1. The number of nitrogens with one attached hydrogen (secondary N) is 1. The lowest BCUT2D eigenvalue weighted by atomic mass is 9.90. The van der Waals surface area contributed by atoms with E-state index in [2.05, 4.69) is 19.2 Å². The van der Waals surface area contributed by atoms with Crippen LogP contribution in [0.15, 0.2) is 18.2 Å². The van der Waals surface area contributed by atoms with Gasteiger partial charge in [-0.1, -0.05) is 19.9 Å². The molecule has 1 aromatic rings. The molecule has 1 unspecified atom stereocenters. The van der Waals surface area contributed by atoms with Crippen LogP contribution in [0.5, 0.6) is 5.75 Å². The molecule has 20 heavy (non-hydrogen) atoms. The second kappa shape index (κ2) is 7.07. The van der Waals surface area contributed by atoms with Crippen molar-refractivity contribution in [3.63, 3.8) is 0 Å².